The van der Waals surface area contributed by atoms with Crippen molar-refractivity contribution in [1.29, 1.82) is 0 Å². The average Bonchev–Trinajstić information content (AvgIpc) is 2.99. The van der Waals surface area contributed by atoms with Crippen LogP contribution in [0.5, 0.6) is 5.88 Å². The van der Waals surface area contributed by atoms with Gasteiger partial charge < -0.3 is 10.1 Å². The van der Waals surface area contributed by atoms with Gasteiger partial charge in [-0.2, -0.15) is 5.10 Å². The highest BCUT2D eigenvalue weighted by molar-refractivity contribution is 6.09. The Labute approximate surface area is 128 Å². The first-order valence-electron chi connectivity index (χ1n) is 6.59. The number of rotatable bonds is 6. The molecule has 2 aromatic rings. The third kappa shape index (κ3) is 3.20. The Hall–Kier alpha value is -2.96. The van der Waals surface area contributed by atoms with Crippen molar-refractivity contribution in [3.05, 3.63) is 42.0 Å². The van der Waals surface area contributed by atoms with Gasteiger partial charge >= 0.3 is 0 Å². The maximum Gasteiger partial charge on any atom is 0.213 e. The highest BCUT2D eigenvalue weighted by Gasteiger charge is 2.13. The Balaban J connectivity index is 2.56. The van der Waals surface area contributed by atoms with Gasteiger partial charge in [-0.05, 0) is 12.1 Å². The van der Waals surface area contributed by atoms with Gasteiger partial charge in [-0.1, -0.05) is 0 Å². The normalized spacial score (nSPS) is 11.7. The van der Waals surface area contributed by atoms with Crippen molar-refractivity contribution in [1.82, 2.24) is 20.1 Å². The predicted octanol–water partition coefficient (Wildman–Crippen LogP) is 1.35. The Morgan fingerprint density at radius 3 is 2.82 bits per heavy atom. The number of allylic oxidation sites excluding steroid dienone is 1. The number of nitrogens with zero attached hydrogens (tertiary/aromatic N) is 4. The lowest BCUT2D eigenvalue weighted by Crippen LogP contribution is -2.06. The molecule has 2 rings (SSSR count). The van der Waals surface area contributed by atoms with Crippen LogP contribution in [0.25, 0.3) is 11.3 Å². The van der Waals surface area contributed by atoms with E-state index in [-0.39, 0.29) is 0 Å². The first-order valence-corrected chi connectivity index (χ1v) is 6.59. The fourth-order valence-electron chi connectivity index (χ4n) is 1.95. The molecule has 0 unspecified atom stereocenters. The molecule has 7 heteroatoms. The minimum Gasteiger partial charge on any atom is -0.481 e. The smallest absolute Gasteiger partial charge is 0.213 e. The van der Waals surface area contributed by atoms with Crippen LogP contribution in [0.3, 0.4) is 0 Å². The second-order valence-corrected chi connectivity index (χ2v) is 4.32. The summed E-state index contributed by atoms with van der Waals surface area (Å²) in [7, 11) is 5.02. The Morgan fingerprint density at radius 2 is 2.27 bits per heavy atom. The maximum atomic E-state index is 11.1. The number of aromatic nitrogens is 3. The molecule has 2 aromatic heterocycles. The van der Waals surface area contributed by atoms with Gasteiger partial charge in [-0.25, -0.2) is 9.67 Å². The average molecular weight is 299 g/mol. The highest BCUT2D eigenvalue weighted by atomic mass is 16.5. The first-order chi connectivity index (χ1) is 10.7. The van der Waals surface area contributed by atoms with Crippen molar-refractivity contribution in [2.75, 3.05) is 21.2 Å². The Morgan fingerprint density at radius 1 is 1.45 bits per heavy atom. The van der Waals surface area contributed by atoms with Crippen LogP contribution in [0.15, 0.2) is 35.6 Å². The largest absolute Gasteiger partial charge is 0.481 e. The summed E-state index contributed by atoms with van der Waals surface area (Å²) in [5.74, 6) is 0.508. The molecule has 0 fully saturated rings. The second kappa shape index (κ2) is 7.16. The third-order valence-corrected chi connectivity index (χ3v) is 2.89. The molecule has 0 radical (unpaired) electrons. The van der Waals surface area contributed by atoms with Crippen molar-refractivity contribution >= 4 is 18.1 Å². The number of carbonyl (C=O) groups is 1. The van der Waals surface area contributed by atoms with Gasteiger partial charge in [-0.15, -0.1) is 0 Å². The van der Waals surface area contributed by atoms with Gasteiger partial charge in [0.2, 0.25) is 5.88 Å². The lowest BCUT2D eigenvalue weighted by molar-refractivity contribution is 0.111. The molecule has 0 atom stereocenters. The quantitative estimate of drug-likeness (QED) is 0.643. The van der Waals surface area contributed by atoms with Crippen LogP contribution in [0.1, 0.15) is 16.2 Å². The molecule has 0 aliphatic heterocycles. The predicted molar refractivity (Wildman–Crippen MR) is 84.8 cm³/mol. The third-order valence-electron chi connectivity index (χ3n) is 2.89. The molecule has 0 aliphatic rings. The molecular weight excluding hydrogens is 282 g/mol. The van der Waals surface area contributed by atoms with E-state index in [0.717, 1.165) is 17.0 Å². The maximum absolute atomic E-state index is 11.1. The van der Waals surface area contributed by atoms with Gasteiger partial charge in [0.05, 0.1) is 24.7 Å². The van der Waals surface area contributed by atoms with E-state index >= 15 is 0 Å². The van der Waals surface area contributed by atoms with Crippen LogP contribution in [0.2, 0.25) is 0 Å². The van der Waals surface area contributed by atoms with Crippen LogP contribution >= 0.6 is 0 Å². The van der Waals surface area contributed by atoms with Crippen molar-refractivity contribution < 1.29 is 9.53 Å². The summed E-state index contributed by atoms with van der Waals surface area (Å²) in [5, 5.41) is 7.23. The van der Waals surface area contributed by atoms with Gasteiger partial charge in [0.1, 0.15) is 5.69 Å². The van der Waals surface area contributed by atoms with E-state index < -0.39 is 0 Å². The minimum atomic E-state index is 0.331. The Bertz CT molecular complexity index is 701. The van der Waals surface area contributed by atoms with Crippen molar-refractivity contribution in [2.45, 2.75) is 0 Å². The minimum absolute atomic E-state index is 0.331. The molecule has 0 aliphatic carbocycles. The van der Waals surface area contributed by atoms with Crippen molar-refractivity contribution in [3.63, 3.8) is 0 Å². The fraction of sp³-hybridized carbons (Fsp3) is 0.200. The molecule has 114 valence electrons. The van der Waals surface area contributed by atoms with Crippen LogP contribution < -0.4 is 10.1 Å². The van der Waals surface area contributed by atoms with Crippen LogP contribution in [-0.2, 0) is 0 Å². The summed E-state index contributed by atoms with van der Waals surface area (Å²) in [6.45, 7) is 0. The number of ether oxygens (including phenoxy) is 1. The van der Waals surface area contributed by atoms with Gasteiger partial charge in [0.25, 0.3) is 0 Å². The summed E-state index contributed by atoms with van der Waals surface area (Å²) >= 11 is 0. The molecule has 1 N–H and O–H groups in total. The van der Waals surface area contributed by atoms with E-state index in [1.54, 1.807) is 56.6 Å². The molecule has 0 spiro atoms. The zero-order valence-corrected chi connectivity index (χ0v) is 12.6. The molecule has 22 heavy (non-hydrogen) atoms. The first kappa shape index (κ1) is 15.4. The summed E-state index contributed by atoms with van der Waals surface area (Å²) in [5.41, 5.74) is 2.57. The summed E-state index contributed by atoms with van der Waals surface area (Å²) in [4.78, 5) is 19.3. The molecule has 0 saturated carbocycles. The number of carbonyl (C=O) groups excluding carboxylic acids is 1. The number of nitrogens with one attached hydrogen (secondary N) is 1. The Kier molecular flexibility index (Phi) is 5.02. The highest BCUT2D eigenvalue weighted by Crippen LogP contribution is 2.19. The van der Waals surface area contributed by atoms with E-state index in [4.69, 9.17) is 4.74 Å². The number of aliphatic imine (C=N–C) groups is 1. The van der Waals surface area contributed by atoms with E-state index in [2.05, 4.69) is 20.4 Å². The molecular formula is C15H17N5O2. The standard InChI is InChI=1S/C15H17N5O2/c1-16-7-11(8-17-2)14-6-12(10-21)19-20(14)13-4-5-15(22-3)18-9-13/h4-10,16H,1-3H3/b11-7+,17-8?. The van der Waals surface area contributed by atoms with Gasteiger partial charge in [0.15, 0.2) is 6.29 Å². The molecule has 2 heterocycles. The van der Waals surface area contributed by atoms with E-state index in [1.165, 1.54) is 0 Å². The van der Waals surface area contributed by atoms with Gasteiger partial charge in [-0.3, -0.25) is 9.79 Å². The summed E-state index contributed by atoms with van der Waals surface area (Å²) in [6.07, 6.45) is 5.81. The molecule has 0 amide bonds. The molecule has 0 saturated heterocycles. The zero-order valence-electron chi connectivity index (χ0n) is 12.6. The molecule has 7 nitrogen and oxygen atoms in total. The van der Waals surface area contributed by atoms with Crippen LogP contribution in [0.4, 0.5) is 0 Å². The lowest BCUT2D eigenvalue weighted by atomic mass is 10.2. The van der Waals surface area contributed by atoms with Crippen molar-refractivity contribution in [2.24, 2.45) is 4.99 Å². The summed E-state index contributed by atoms with van der Waals surface area (Å²) in [6, 6.07) is 5.25. The van der Waals surface area contributed by atoms with Gasteiger partial charge in [0, 0.05) is 38.1 Å². The monoisotopic (exact) mass is 299 g/mol. The van der Waals surface area contributed by atoms with E-state index in [1.807, 2.05) is 6.07 Å². The number of aldehydes is 1. The number of pyridine rings is 1. The van der Waals surface area contributed by atoms with Crippen molar-refractivity contribution in [3.8, 4) is 11.6 Å². The zero-order chi connectivity index (χ0) is 15.9. The summed E-state index contributed by atoms with van der Waals surface area (Å²) < 4.78 is 6.69. The SMILES string of the molecule is CN=C/C(=C\NC)c1cc(C=O)nn1-c1ccc(OC)nc1. The topological polar surface area (TPSA) is 81.4 Å². The van der Waals surface area contributed by atoms with Crippen LogP contribution in [-0.4, -0.2) is 48.5 Å². The number of hydrogen-bond donors (Lipinski definition) is 1. The number of methoxy groups -OCH3 is 1. The van der Waals surface area contributed by atoms with E-state index in [0.29, 0.717) is 17.9 Å². The molecule has 0 aromatic carbocycles. The van der Waals surface area contributed by atoms with E-state index in [9.17, 15) is 4.79 Å². The fourth-order valence-corrected chi connectivity index (χ4v) is 1.95. The van der Waals surface area contributed by atoms with Crippen LogP contribution in [0, 0.1) is 0 Å². The lowest BCUT2D eigenvalue weighted by Gasteiger charge is -2.08. The second-order valence-electron chi connectivity index (χ2n) is 4.32. The number of hydrogen-bond acceptors (Lipinski definition) is 6. The molecule has 0 bridgehead atoms.